The third-order valence-electron chi connectivity index (χ3n) is 4.49. The van der Waals surface area contributed by atoms with Crippen molar-refractivity contribution >= 4 is 17.7 Å². The lowest BCUT2D eigenvalue weighted by molar-refractivity contribution is -0.132. The van der Waals surface area contributed by atoms with Gasteiger partial charge in [-0.25, -0.2) is 4.79 Å². The molecule has 1 aliphatic rings. The molecule has 0 aliphatic carbocycles. The summed E-state index contributed by atoms with van der Waals surface area (Å²) in [6, 6.07) is 14.6. The fourth-order valence-corrected chi connectivity index (χ4v) is 2.89. The van der Waals surface area contributed by atoms with E-state index in [1.165, 1.54) is 11.1 Å². The van der Waals surface area contributed by atoms with Gasteiger partial charge >= 0.3 is 5.97 Å². The number of carbonyl (C=O) groups is 1. The smallest absolute Gasteiger partial charge is 0.335 e. The number of fused-ring (bicyclic) bond motifs is 1. The summed E-state index contributed by atoms with van der Waals surface area (Å²) in [7, 11) is 2.04. The second-order valence-electron chi connectivity index (χ2n) is 6.74. The molecule has 0 radical (unpaired) electrons. The number of anilines is 1. The van der Waals surface area contributed by atoms with Crippen molar-refractivity contribution in [3.63, 3.8) is 0 Å². The largest absolute Gasteiger partial charge is 0.488 e. The Bertz CT molecular complexity index is 806. The van der Waals surface area contributed by atoms with E-state index < -0.39 is 5.97 Å². The zero-order valence-corrected chi connectivity index (χ0v) is 14.8. The molecular formula is C21H23NO3. The first kappa shape index (κ1) is 17.1. The molecule has 0 bridgehead atoms. The van der Waals surface area contributed by atoms with Crippen LogP contribution in [-0.2, 0) is 11.3 Å². The molecule has 2 aromatic rings. The van der Waals surface area contributed by atoms with Gasteiger partial charge in [0.05, 0.1) is 5.57 Å². The van der Waals surface area contributed by atoms with Crippen molar-refractivity contribution in [1.29, 1.82) is 0 Å². The van der Waals surface area contributed by atoms with E-state index in [0.717, 1.165) is 23.5 Å². The summed E-state index contributed by atoms with van der Waals surface area (Å²) in [6.45, 7) is 5.29. The minimum Gasteiger partial charge on any atom is -0.488 e. The molecule has 0 fully saturated rings. The SMILES string of the molecule is CC(C)c1ccc(CN(C)c2ccc3c(c2)OCC(C(=O)O)=C3)cc1. The highest BCUT2D eigenvalue weighted by atomic mass is 16.5. The lowest BCUT2D eigenvalue weighted by atomic mass is 10.0. The van der Waals surface area contributed by atoms with Crippen LogP contribution < -0.4 is 9.64 Å². The summed E-state index contributed by atoms with van der Waals surface area (Å²) in [6.07, 6.45) is 1.68. The van der Waals surface area contributed by atoms with Gasteiger partial charge in [-0.2, -0.15) is 0 Å². The van der Waals surface area contributed by atoms with Crippen molar-refractivity contribution in [3.8, 4) is 5.75 Å². The summed E-state index contributed by atoms with van der Waals surface area (Å²) in [5, 5.41) is 9.07. The van der Waals surface area contributed by atoms with E-state index >= 15 is 0 Å². The van der Waals surface area contributed by atoms with E-state index in [1.807, 2.05) is 25.2 Å². The van der Waals surface area contributed by atoms with E-state index in [4.69, 9.17) is 9.84 Å². The molecule has 0 saturated heterocycles. The number of aliphatic carboxylic acids is 1. The van der Waals surface area contributed by atoms with Crippen LogP contribution in [0.4, 0.5) is 5.69 Å². The minimum absolute atomic E-state index is 0.103. The number of rotatable bonds is 5. The normalized spacial score (nSPS) is 13.0. The molecule has 0 spiro atoms. The molecule has 130 valence electrons. The number of benzene rings is 2. The van der Waals surface area contributed by atoms with Crippen LogP contribution in [0.2, 0.25) is 0 Å². The summed E-state index contributed by atoms with van der Waals surface area (Å²) in [5.41, 5.74) is 4.72. The van der Waals surface area contributed by atoms with Gasteiger partial charge in [0.15, 0.2) is 0 Å². The second kappa shape index (κ2) is 7.01. The van der Waals surface area contributed by atoms with Gasteiger partial charge in [0, 0.05) is 30.9 Å². The maximum atomic E-state index is 11.1. The number of ether oxygens (including phenoxy) is 1. The van der Waals surface area contributed by atoms with Crippen molar-refractivity contribution in [1.82, 2.24) is 0 Å². The van der Waals surface area contributed by atoms with Gasteiger partial charge in [-0.1, -0.05) is 38.1 Å². The molecule has 0 aromatic heterocycles. The molecule has 4 nitrogen and oxygen atoms in total. The van der Waals surface area contributed by atoms with Gasteiger partial charge in [0.2, 0.25) is 0 Å². The topological polar surface area (TPSA) is 49.8 Å². The highest BCUT2D eigenvalue weighted by Crippen LogP contribution is 2.31. The molecular weight excluding hydrogens is 314 g/mol. The Balaban J connectivity index is 1.75. The molecule has 0 unspecified atom stereocenters. The molecule has 0 amide bonds. The van der Waals surface area contributed by atoms with Crippen LogP contribution in [-0.4, -0.2) is 24.7 Å². The minimum atomic E-state index is -0.934. The Morgan fingerprint density at radius 2 is 1.92 bits per heavy atom. The Kier molecular flexibility index (Phi) is 4.79. The highest BCUT2D eigenvalue weighted by Gasteiger charge is 2.17. The van der Waals surface area contributed by atoms with Crippen molar-refractivity contribution in [2.24, 2.45) is 0 Å². The molecule has 2 aromatic carbocycles. The molecule has 1 heterocycles. The lowest BCUT2D eigenvalue weighted by Gasteiger charge is -2.23. The van der Waals surface area contributed by atoms with E-state index in [0.29, 0.717) is 5.92 Å². The van der Waals surface area contributed by atoms with Crippen molar-refractivity contribution in [3.05, 3.63) is 64.7 Å². The summed E-state index contributed by atoms with van der Waals surface area (Å²) in [4.78, 5) is 13.2. The summed E-state index contributed by atoms with van der Waals surface area (Å²) < 4.78 is 5.60. The van der Waals surface area contributed by atoms with E-state index in [1.54, 1.807) is 6.08 Å². The number of carboxylic acid groups (broad SMARTS) is 1. The number of hydrogen-bond acceptors (Lipinski definition) is 3. The molecule has 25 heavy (non-hydrogen) atoms. The van der Waals surface area contributed by atoms with Crippen LogP contribution in [0.25, 0.3) is 6.08 Å². The average Bonchev–Trinajstić information content (AvgIpc) is 2.61. The maximum Gasteiger partial charge on any atom is 0.335 e. The molecule has 0 saturated carbocycles. The van der Waals surface area contributed by atoms with Crippen LogP contribution in [0.5, 0.6) is 5.75 Å². The standard InChI is InChI=1S/C21H23NO3/c1-14(2)16-6-4-15(5-7-16)12-22(3)19-9-8-17-10-18(21(23)24)13-25-20(17)11-19/h4-11,14H,12-13H2,1-3H3,(H,23,24). The van der Waals surface area contributed by atoms with Crippen molar-refractivity contribution in [2.75, 3.05) is 18.6 Å². The third kappa shape index (κ3) is 3.85. The average molecular weight is 337 g/mol. The molecule has 1 N–H and O–H groups in total. The lowest BCUT2D eigenvalue weighted by Crippen LogP contribution is -2.18. The third-order valence-corrected chi connectivity index (χ3v) is 4.49. The predicted octanol–water partition coefficient (Wildman–Crippen LogP) is 4.31. The van der Waals surface area contributed by atoms with Crippen molar-refractivity contribution < 1.29 is 14.6 Å². The Morgan fingerprint density at radius 1 is 1.20 bits per heavy atom. The zero-order chi connectivity index (χ0) is 18.0. The molecule has 0 atom stereocenters. The van der Waals surface area contributed by atoms with Gasteiger partial charge in [-0.3, -0.25) is 0 Å². The second-order valence-corrected chi connectivity index (χ2v) is 6.74. The number of carboxylic acids is 1. The molecule has 4 heteroatoms. The van der Waals surface area contributed by atoms with Crippen LogP contribution in [0.1, 0.15) is 36.5 Å². The first-order chi connectivity index (χ1) is 11.9. The first-order valence-electron chi connectivity index (χ1n) is 8.44. The Hall–Kier alpha value is -2.75. The number of nitrogens with zero attached hydrogens (tertiary/aromatic N) is 1. The quantitative estimate of drug-likeness (QED) is 0.883. The fourth-order valence-electron chi connectivity index (χ4n) is 2.89. The Morgan fingerprint density at radius 3 is 2.56 bits per heavy atom. The first-order valence-corrected chi connectivity index (χ1v) is 8.44. The Labute approximate surface area is 148 Å². The van der Waals surface area contributed by atoms with E-state index in [-0.39, 0.29) is 12.2 Å². The van der Waals surface area contributed by atoms with Gasteiger partial charge in [-0.15, -0.1) is 0 Å². The van der Waals surface area contributed by atoms with Crippen LogP contribution in [0.3, 0.4) is 0 Å². The number of hydrogen-bond donors (Lipinski definition) is 1. The van der Waals surface area contributed by atoms with Crippen molar-refractivity contribution in [2.45, 2.75) is 26.3 Å². The van der Waals surface area contributed by atoms with Crippen LogP contribution >= 0.6 is 0 Å². The summed E-state index contributed by atoms with van der Waals surface area (Å²) >= 11 is 0. The zero-order valence-electron chi connectivity index (χ0n) is 14.8. The highest BCUT2D eigenvalue weighted by molar-refractivity contribution is 5.93. The van der Waals surface area contributed by atoms with E-state index in [2.05, 4.69) is 43.0 Å². The summed E-state index contributed by atoms with van der Waals surface area (Å²) in [5.74, 6) is 0.328. The molecule has 1 aliphatic heterocycles. The predicted molar refractivity (Wildman–Crippen MR) is 100 cm³/mol. The van der Waals surface area contributed by atoms with Crippen LogP contribution in [0.15, 0.2) is 48.0 Å². The van der Waals surface area contributed by atoms with E-state index in [9.17, 15) is 4.79 Å². The van der Waals surface area contributed by atoms with Gasteiger partial charge < -0.3 is 14.7 Å². The monoisotopic (exact) mass is 337 g/mol. The fraction of sp³-hybridized carbons (Fsp3) is 0.286. The van der Waals surface area contributed by atoms with Crippen LogP contribution in [0, 0.1) is 0 Å². The van der Waals surface area contributed by atoms with Gasteiger partial charge in [-0.05, 0) is 35.3 Å². The molecule has 3 rings (SSSR count). The van der Waals surface area contributed by atoms with Gasteiger partial charge in [0.1, 0.15) is 12.4 Å². The van der Waals surface area contributed by atoms with Gasteiger partial charge in [0.25, 0.3) is 0 Å². The maximum absolute atomic E-state index is 11.1.